The minimum atomic E-state index is -0.174. The second-order valence-corrected chi connectivity index (χ2v) is 5.62. The van der Waals surface area contributed by atoms with Gasteiger partial charge in [-0.1, -0.05) is 35.9 Å². The summed E-state index contributed by atoms with van der Waals surface area (Å²) >= 11 is 0. The largest absolute Gasteiger partial charge is 0.334 e. The highest BCUT2D eigenvalue weighted by Crippen LogP contribution is 2.45. The summed E-state index contributed by atoms with van der Waals surface area (Å²) in [5, 5.41) is 5.99. The standard InChI is InChI=1S/C17H19N3O/c1-13-4-6-15(7-5-13)17(8-9-17)20-16(21)19-12-14-3-2-10-18-11-14/h2-7,10-11H,8-9,12H2,1H3,(H2,19,20,21). The lowest BCUT2D eigenvalue weighted by molar-refractivity contribution is 0.235. The fourth-order valence-corrected chi connectivity index (χ4v) is 2.43. The number of hydrogen-bond donors (Lipinski definition) is 2. The highest BCUT2D eigenvalue weighted by Gasteiger charge is 2.45. The number of hydrogen-bond acceptors (Lipinski definition) is 2. The number of aromatic nitrogens is 1. The van der Waals surface area contributed by atoms with E-state index in [1.807, 2.05) is 12.1 Å². The van der Waals surface area contributed by atoms with Gasteiger partial charge in [-0.25, -0.2) is 4.79 Å². The Kier molecular flexibility index (Phi) is 3.60. The quantitative estimate of drug-likeness (QED) is 0.905. The molecule has 21 heavy (non-hydrogen) atoms. The molecule has 1 aliphatic carbocycles. The zero-order valence-electron chi connectivity index (χ0n) is 12.1. The van der Waals surface area contributed by atoms with Crippen molar-refractivity contribution < 1.29 is 4.79 Å². The van der Waals surface area contributed by atoms with Gasteiger partial charge in [0.2, 0.25) is 0 Å². The minimum absolute atomic E-state index is 0.128. The molecule has 3 rings (SSSR count). The van der Waals surface area contributed by atoms with Gasteiger partial charge in [0.1, 0.15) is 0 Å². The first-order valence-electron chi connectivity index (χ1n) is 7.20. The molecule has 4 heteroatoms. The fraction of sp³-hybridized carbons (Fsp3) is 0.294. The zero-order valence-corrected chi connectivity index (χ0v) is 12.1. The lowest BCUT2D eigenvalue weighted by Gasteiger charge is -2.18. The number of carbonyl (C=O) groups excluding carboxylic acids is 1. The number of pyridine rings is 1. The molecular weight excluding hydrogens is 262 g/mol. The minimum Gasteiger partial charge on any atom is -0.334 e. The van der Waals surface area contributed by atoms with Crippen molar-refractivity contribution >= 4 is 6.03 Å². The Morgan fingerprint density at radius 3 is 2.62 bits per heavy atom. The first-order valence-corrected chi connectivity index (χ1v) is 7.20. The maximum absolute atomic E-state index is 12.1. The van der Waals surface area contributed by atoms with Gasteiger partial charge < -0.3 is 10.6 Å². The van der Waals surface area contributed by atoms with Crippen LogP contribution in [0.15, 0.2) is 48.8 Å². The normalized spacial score (nSPS) is 15.3. The summed E-state index contributed by atoms with van der Waals surface area (Å²) < 4.78 is 0. The van der Waals surface area contributed by atoms with E-state index in [1.54, 1.807) is 12.4 Å². The van der Waals surface area contributed by atoms with Crippen LogP contribution in [0.3, 0.4) is 0 Å². The fourth-order valence-electron chi connectivity index (χ4n) is 2.43. The number of rotatable bonds is 4. The summed E-state index contributed by atoms with van der Waals surface area (Å²) in [7, 11) is 0. The van der Waals surface area contributed by atoms with E-state index in [-0.39, 0.29) is 11.6 Å². The predicted molar refractivity (Wildman–Crippen MR) is 81.7 cm³/mol. The molecule has 1 aromatic heterocycles. The molecule has 2 aromatic rings. The van der Waals surface area contributed by atoms with Gasteiger partial charge in [0.25, 0.3) is 0 Å². The second kappa shape index (κ2) is 5.56. The van der Waals surface area contributed by atoms with Crippen molar-refractivity contribution in [2.75, 3.05) is 0 Å². The first-order chi connectivity index (χ1) is 10.2. The van der Waals surface area contributed by atoms with Gasteiger partial charge in [-0.3, -0.25) is 4.98 Å². The van der Waals surface area contributed by atoms with Gasteiger partial charge in [-0.2, -0.15) is 0 Å². The molecule has 1 aliphatic rings. The third kappa shape index (κ3) is 3.21. The molecule has 1 fully saturated rings. The van der Waals surface area contributed by atoms with E-state index < -0.39 is 0 Å². The van der Waals surface area contributed by atoms with Crippen molar-refractivity contribution in [2.45, 2.75) is 31.8 Å². The van der Waals surface area contributed by atoms with E-state index >= 15 is 0 Å². The summed E-state index contributed by atoms with van der Waals surface area (Å²) in [5.74, 6) is 0. The summed E-state index contributed by atoms with van der Waals surface area (Å²) in [6, 6.07) is 12.1. The third-order valence-electron chi connectivity index (χ3n) is 3.88. The van der Waals surface area contributed by atoms with E-state index in [9.17, 15) is 4.79 Å². The lowest BCUT2D eigenvalue weighted by atomic mass is 10.0. The van der Waals surface area contributed by atoms with E-state index in [4.69, 9.17) is 0 Å². The van der Waals surface area contributed by atoms with Crippen LogP contribution in [0.1, 0.15) is 29.5 Å². The summed E-state index contributed by atoms with van der Waals surface area (Å²) in [4.78, 5) is 16.1. The van der Waals surface area contributed by atoms with Crippen molar-refractivity contribution in [1.29, 1.82) is 0 Å². The average molecular weight is 281 g/mol. The first kappa shape index (κ1) is 13.6. The van der Waals surface area contributed by atoms with Crippen LogP contribution >= 0.6 is 0 Å². The summed E-state index contributed by atoms with van der Waals surface area (Å²) in [5.41, 5.74) is 3.24. The Morgan fingerprint density at radius 2 is 2.00 bits per heavy atom. The van der Waals surface area contributed by atoms with Crippen LogP contribution in [0.4, 0.5) is 4.79 Å². The molecule has 0 radical (unpaired) electrons. The molecule has 108 valence electrons. The highest BCUT2D eigenvalue weighted by molar-refractivity contribution is 5.75. The van der Waals surface area contributed by atoms with Crippen LogP contribution in [-0.2, 0) is 12.1 Å². The maximum atomic E-state index is 12.1. The molecule has 0 spiro atoms. The number of benzene rings is 1. The van der Waals surface area contributed by atoms with Crippen molar-refractivity contribution in [1.82, 2.24) is 15.6 Å². The number of nitrogens with zero attached hydrogens (tertiary/aromatic N) is 1. The molecule has 0 bridgehead atoms. The number of carbonyl (C=O) groups is 1. The molecular formula is C17H19N3O. The number of aryl methyl sites for hydroxylation is 1. The van der Waals surface area contributed by atoms with Gasteiger partial charge in [0, 0.05) is 18.9 Å². The molecule has 0 aliphatic heterocycles. The average Bonchev–Trinajstić information content (AvgIpc) is 3.27. The smallest absolute Gasteiger partial charge is 0.315 e. The van der Waals surface area contributed by atoms with Crippen molar-refractivity contribution in [3.63, 3.8) is 0 Å². The van der Waals surface area contributed by atoms with E-state index in [0.717, 1.165) is 18.4 Å². The SMILES string of the molecule is Cc1ccc(C2(NC(=O)NCc3cccnc3)CC2)cc1. The number of amides is 2. The monoisotopic (exact) mass is 281 g/mol. The second-order valence-electron chi connectivity index (χ2n) is 5.62. The molecule has 1 heterocycles. The Morgan fingerprint density at radius 1 is 1.24 bits per heavy atom. The molecule has 2 amide bonds. The third-order valence-corrected chi connectivity index (χ3v) is 3.88. The molecule has 1 saturated carbocycles. The van der Waals surface area contributed by atoms with E-state index in [0.29, 0.717) is 6.54 Å². The lowest BCUT2D eigenvalue weighted by Crippen LogP contribution is -2.41. The summed E-state index contributed by atoms with van der Waals surface area (Å²) in [6.45, 7) is 2.56. The van der Waals surface area contributed by atoms with Crippen molar-refractivity contribution in [3.05, 3.63) is 65.5 Å². The Balaban J connectivity index is 1.58. The molecule has 0 unspecified atom stereocenters. The topological polar surface area (TPSA) is 54.0 Å². The van der Waals surface area contributed by atoms with Crippen LogP contribution in [-0.4, -0.2) is 11.0 Å². The van der Waals surface area contributed by atoms with E-state index in [2.05, 4.69) is 46.8 Å². The Bertz CT molecular complexity index is 618. The Labute approximate surface area is 124 Å². The van der Waals surface area contributed by atoms with Crippen molar-refractivity contribution in [3.8, 4) is 0 Å². The van der Waals surface area contributed by atoms with Crippen LogP contribution in [0.5, 0.6) is 0 Å². The van der Waals surface area contributed by atoms with Crippen LogP contribution in [0, 0.1) is 6.92 Å². The number of urea groups is 1. The molecule has 0 saturated heterocycles. The van der Waals surface area contributed by atoms with Gasteiger partial charge in [0.05, 0.1) is 5.54 Å². The molecule has 0 atom stereocenters. The van der Waals surface area contributed by atoms with Gasteiger partial charge in [0.15, 0.2) is 0 Å². The molecule has 2 N–H and O–H groups in total. The Hall–Kier alpha value is -2.36. The van der Waals surface area contributed by atoms with Crippen LogP contribution < -0.4 is 10.6 Å². The van der Waals surface area contributed by atoms with Gasteiger partial charge >= 0.3 is 6.03 Å². The van der Waals surface area contributed by atoms with Gasteiger partial charge in [-0.05, 0) is 37.0 Å². The van der Waals surface area contributed by atoms with Crippen LogP contribution in [0.2, 0.25) is 0 Å². The van der Waals surface area contributed by atoms with Gasteiger partial charge in [-0.15, -0.1) is 0 Å². The number of nitrogens with one attached hydrogen (secondary N) is 2. The van der Waals surface area contributed by atoms with Crippen molar-refractivity contribution in [2.24, 2.45) is 0 Å². The molecule has 4 nitrogen and oxygen atoms in total. The molecule has 1 aromatic carbocycles. The highest BCUT2D eigenvalue weighted by atomic mass is 16.2. The maximum Gasteiger partial charge on any atom is 0.315 e. The zero-order chi connectivity index (χ0) is 14.7. The predicted octanol–water partition coefficient (Wildman–Crippen LogP) is 2.88. The van der Waals surface area contributed by atoms with Crippen LogP contribution in [0.25, 0.3) is 0 Å². The van der Waals surface area contributed by atoms with E-state index in [1.165, 1.54) is 11.1 Å². The summed E-state index contributed by atoms with van der Waals surface area (Å²) in [6.07, 6.45) is 5.47.